The van der Waals surface area contributed by atoms with Gasteiger partial charge in [0, 0.05) is 19.6 Å². The predicted octanol–water partition coefficient (Wildman–Crippen LogP) is 4.37. The van der Waals surface area contributed by atoms with Crippen molar-refractivity contribution in [2.45, 2.75) is 62.9 Å². The lowest BCUT2D eigenvalue weighted by Gasteiger charge is -2.53. The quantitative estimate of drug-likeness (QED) is 0.749. The molecule has 5 nitrogen and oxygen atoms in total. The number of nitrogens with zero attached hydrogens (tertiary/aromatic N) is 2. The molecule has 166 valence electrons. The maximum Gasteiger partial charge on any atom is 0.243 e. The van der Waals surface area contributed by atoms with Crippen LogP contribution < -0.4 is 10.2 Å². The molecule has 1 atom stereocenters. The summed E-state index contributed by atoms with van der Waals surface area (Å²) in [5, 5.41) is 3.66. The van der Waals surface area contributed by atoms with Crippen molar-refractivity contribution >= 4 is 21.4 Å². The summed E-state index contributed by atoms with van der Waals surface area (Å²) >= 11 is 0. The van der Waals surface area contributed by atoms with Gasteiger partial charge in [-0.15, -0.1) is 0 Å². The molecule has 0 bridgehead atoms. The van der Waals surface area contributed by atoms with Crippen LogP contribution in [0.4, 0.5) is 15.8 Å². The SMILES string of the molecule is Cc1cc(C)c(S(=O)(=O)N2CCC3(CC2)Nc2cc(F)ccc2N2CCCC23)cc1C. The highest BCUT2D eigenvalue weighted by Gasteiger charge is 2.50. The number of fused-ring (bicyclic) bond motifs is 4. The van der Waals surface area contributed by atoms with E-state index in [4.69, 9.17) is 0 Å². The smallest absolute Gasteiger partial charge is 0.243 e. The number of anilines is 2. The Bertz CT molecular complexity index is 1140. The standard InChI is InChI=1S/C24H30FN3O2S/c1-16-13-18(3)22(14-17(16)2)31(29,30)27-11-8-24(9-12-27)23-5-4-10-28(23)21-7-6-19(25)15-20(21)26-24/h6-7,13-15,23,26H,4-5,8-12H2,1-3H3. The van der Waals surface area contributed by atoms with Gasteiger partial charge in [0.1, 0.15) is 5.82 Å². The molecular formula is C24H30FN3O2S. The van der Waals surface area contributed by atoms with Gasteiger partial charge >= 0.3 is 0 Å². The third kappa shape index (κ3) is 3.24. The van der Waals surface area contributed by atoms with E-state index >= 15 is 0 Å². The molecule has 0 aliphatic carbocycles. The maximum atomic E-state index is 14.0. The molecule has 1 spiro atoms. The van der Waals surface area contributed by atoms with E-state index in [-0.39, 0.29) is 11.4 Å². The molecule has 7 heteroatoms. The van der Waals surface area contributed by atoms with Crippen molar-refractivity contribution in [2.24, 2.45) is 0 Å². The van der Waals surface area contributed by atoms with Crippen LogP contribution in [0.25, 0.3) is 0 Å². The first-order valence-electron chi connectivity index (χ1n) is 11.1. The Hall–Kier alpha value is -2.12. The Kier molecular flexibility index (Phi) is 4.83. The lowest BCUT2D eigenvalue weighted by atomic mass is 9.78. The summed E-state index contributed by atoms with van der Waals surface area (Å²) < 4.78 is 42.5. The van der Waals surface area contributed by atoms with Crippen LogP contribution in [0.3, 0.4) is 0 Å². The van der Waals surface area contributed by atoms with Gasteiger partial charge in [-0.1, -0.05) is 6.07 Å². The van der Waals surface area contributed by atoms with E-state index in [0.717, 1.165) is 47.5 Å². The fraction of sp³-hybridized carbons (Fsp3) is 0.500. The van der Waals surface area contributed by atoms with Crippen molar-refractivity contribution in [1.82, 2.24) is 4.31 Å². The van der Waals surface area contributed by atoms with Crippen LogP contribution in [0.1, 0.15) is 42.4 Å². The van der Waals surface area contributed by atoms with Crippen LogP contribution in [0.15, 0.2) is 35.2 Å². The molecule has 31 heavy (non-hydrogen) atoms. The van der Waals surface area contributed by atoms with Gasteiger partial charge in [-0.25, -0.2) is 12.8 Å². The number of piperidine rings is 1. The summed E-state index contributed by atoms with van der Waals surface area (Å²) in [5.41, 5.74) is 4.57. The molecule has 0 aromatic heterocycles. The van der Waals surface area contributed by atoms with Gasteiger partial charge in [0.25, 0.3) is 0 Å². The number of halogens is 1. The van der Waals surface area contributed by atoms with Crippen LogP contribution in [0.2, 0.25) is 0 Å². The van der Waals surface area contributed by atoms with Crippen molar-refractivity contribution in [3.63, 3.8) is 0 Å². The number of hydrogen-bond acceptors (Lipinski definition) is 4. The Morgan fingerprint density at radius 3 is 2.45 bits per heavy atom. The number of sulfonamides is 1. The molecule has 2 aromatic rings. The van der Waals surface area contributed by atoms with Crippen molar-refractivity contribution in [3.8, 4) is 0 Å². The van der Waals surface area contributed by atoms with E-state index in [9.17, 15) is 12.8 Å². The molecule has 0 saturated carbocycles. The Morgan fingerprint density at radius 1 is 1.00 bits per heavy atom. The monoisotopic (exact) mass is 443 g/mol. The van der Waals surface area contributed by atoms with E-state index in [0.29, 0.717) is 36.9 Å². The molecule has 1 N–H and O–H groups in total. The number of hydrogen-bond donors (Lipinski definition) is 1. The molecule has 2 saturated heterocycles. The fourth-order valence-corrected chi connectivity index (χ4v) is 7.51. The number of benzene rings is 2. The van der Waals surface area contributed by atoms with E-state index in [1.807, 2.05) is 32.9 Å². The first-order chi connectivity index (χ1) is 14.7. The van der Waals surface area contributed by atoms with Gasteiger partial charge in [-0.2, -0.15) is 4.31 Å². The molecular weight excluding hydrogens is 413 g/mol. The van der Waals surface area contributed by atoms with Gasteiger partial charge in [0.15, 0.2) is 0 Å². The van der Waals surface area contributed by atoms with Crippen molar-refractivity contribution < 1.29 is 12.8 Å². The molecule has 2 fully saturated rings. The summed E-state index contributed by atoms with van der Waals surface area (Å²) in [4.78, 5) is 2.82. The van der Waals surface area contributed by atoms with Gasteiger partial charge in [-0.05, 0) is 87.4 Å². The summed E-state index contributed by atoms with van der Waals surface area (Å²) in [6.07, 6.45) is 3.61. The lowest BCUT2D eigenvalue weighted by Crippen LogP contribution is -2.62. The largest absolute Gasteiger partial charge is 0.376 e. The van der Waals surface area contributed by atoms with Crippen molar-refractivity contribution in [1.29, 1.82) is 0 Å². The molecule has 2 aromatic carbocycles. The molecule has 0 radical (unpaired) electrons. The Labute approximate surface area is 184 Å². The zero-order valence-corrected chi connectivity index (χ0v) is 19.2. The third-order valence-corrected chi connectivity index (χ3v) is 9.61. The highest BCUT2D eigenvalue weighted by atomic mass is 32.2. The van der Waals surface area contributed by atoms with Crippen LogP contribution in [-0.2, 0) is 10.0 Å². The van der Waals surface area contributed by atoms with Gasteiger partial charge < -0.3 is 10.2 Å². The van der Waals surface area contributed by atoms with Gasteiger partial charge in [-0.3, -0.25) is 0 Å². The van der Waals surface area contributed by atoms with E-state index in [2.05, 4.69) is 10.2 Å². The zero-order valence-electron chi connectivity index (χ0n) is 18.4. The average Bonchev–Trinajstić information content (AvgIpc) is 3.22. The molecule has 5 rings (SSSR count). The lowest BCUT2D eigenvalue weighted by molar-refractivity contribution is 0.219. The number of rotatable bonds is 2. The highest BCUT2D eigenvalue weighted by molar-refractivity contribution is 7.89. The van der Waals surface area contributed by atoms with Crippen LogP contribution in [0.5, 0.6) is 0 Å². The van der Waals surface area contributed by atoms with E-state index in [1.165, 1.54) is 6.07 Å². The molecule has 3 heterocycles. The van der Waals surface area contributed by atoms with E-state index < -0.39 is 10.0 Å². The summed E-state index contributed by atoms with van der Waals surface area (Å²) in [5.74, 6) is -0.246. The van der Waals surface area contributed by atoms with Crippen LogP contribution in [-0.4, -0.2) is 43.9 Å². The van der Waals surface area contributed by atoms with Crippen molar-refractivity contribution in [3.05, 3.63) is 52.8 Å². The normalized spacial score (nSPS) is 22.8. The van der Waals surface area contributed by atoms with E-state index in [1.54, 1.807) is 16.4 Å². The molecule has 3 aliphatic heterocycles. The van der Waals surface area contributed by atoms with Crippen LogP contribution >= 0.6 is 0 Å². The maximum absolute atomic E-state index is 14.0. The summed E-state index contributed by atoms with van der Waals surface area (Å²) in [6, 6.07) is 9.05. The number of nitrogens with one attached hydrogen (secondary N) is 1. The zero-order chi connectivity index (χ0) is 22.0. The minimum absolute atomic E-state index is 0.221. The summed E-state index contributed by atoms with van der Waals surface area (Å²) in [6.45, 7) is 7.74. The first-order valence-corrected chi connectivity index (χ1v) is 12.6. The van der Waals surface area contributed by atoms with Gasteiger partial charge in [0.2, 0.25) is 10.0 Å². The fourth-order valence-electron chi connectivity index (χ4n) is 5.77. The second-order valence-electron chi connectivity index (χ2n) is 9.40. The Balaban J connectivity index is 1.43. The number of aryl methyl sites for hydroxylation is 3. The molecule has 0 amide bonds. The second-order valence-corrected chi connectivity index (χ2v) is 11.3. The summed E-state index contributed by atoms with van der Waals surface area (Å²) in [7, 11) is -3.54. The second kappa shape index (κ2) is 7.20. The van der Waals surface area contributed by atoms with Crippen molar-refractivity contribution in [2.75, 3.05) is 29.9 Å². The molecule has 1 unspecified atom stereocenters. The first kappa shape index (κ1) is 20.8. The topological polar surface area (TPSA) is 52.7 Å². The molecule has 3 aliphatic rings. The van der Waals surface area contributed by atoms with Gasteiger partial charge in [0.05, 0.1) is 27.9 Å². The predicted molar refractivity (Wildman–Crippen MR) is 122 cm³/mol. The average molecular weight is 444 g/mol. The minimum atomic E-state index is -3.54. The minimum Gasteiger partial charge on any atom is -0.376 e. The third-order valence-electron chi connectivity index (χ3n) is 7.57. The Morgan fingerprint density at radius 2 is 1.71 bits per heavy atom. The van der Waals surface area contributed by atoms with Crippen LogP contribution in [0, 0.1) is 26.6 Å². The highest BCUT2D eigenvalue weighted by Crippen LogP contribution is 2.47.